The molecule has 2 amide bonds. The number of carbonyl (C=O) groups excluding carboxylic acids is 4. The predicted molar refractivity (Wildman–Crippen MR) is 155 cm³/mol. The summed E-state index contributed by atoms with van der Waals surface area (Å²) in [5.74, 6) is -3.64. The minimum Gasteiger partial charge on any atom is -0.502 e. The molecule has 9 heteroatoms. The van der Waals surface area contributed by atoms with Crippen LogP contribution in [0.25, 0.3) is 6.08 Å². The van der Waals surface area contributed by atoms with E-state index in [1.807, 2.05) is 6.08 Å². The number of hydrogen-bond acceptors (Lipinski definition) is 7. The number of fused-ring (bicyclic) bond motifs is 3. The third-order valence-corrected chi connectivity index (χ3v) is 9.14. The number of ether oxygens (including phenoxy) is 2. The summed E-state index contributed by atoms with van der Waals surface area (Å²) in [7, 11) is 2.82. The maximum Gasteiger partial charge on any atom is 0.238 e. The molecule has 208 valence electrons. The van der Waals surface area contributed by atoms with E-state index < -0.39 is 23.7 Å². The fourth-order valence-electron chi connectivity index (χ4n) is 6.68. The lowest BCUT2D eigenvalue weighted by molar-refractivity contribution is -0.123. The van der Waals surface area contributed by atoms with Crippen molar-refractivity contribution in [3.63, 3.8) is 0 Å². The standard InChI is InChI=1S/C32H26BrNO7/c1-4-15-5-7-17(8-6-15)34-31(38)19-10-9-18-20(27(19)32(34)39)13-21-28(23(35)14-22(33)29(21)36)26(18)16-11-24(40-2)30(37)25(12-16)41-3/h4-9,11-12,14,19-20,26-27,37H,1,10,13H2,2-3H3. The van der Waals surface area contributed by atoms with Gasteiger partial charge in [0, 0.05) is 23.1 Å². The summed E-state index contributed by atoms with van der Waals surface area (Å²) in [5, 5.41) is 10.6. The van der Waals surface area contributed by atoms with Crippen LogP contribution in [0.5, 0.6) is 17.2 Å². The van der Waals surface area contributed by atoms with Crippen molar-refractivity contribution in [1.82, 2.24) is 0 Å². The smallest absolute Gasteiger partial charge is 0.238 e. The van der Waals surface area contributed by atoms with Crippen molar-refractivity contribution in [3.05, 3.63) is 87.5 Å². The third-order valence-electron chi connectivity index (χ3n) is 8.55. The number of rotatable bonds is 5. The molecular formula is C32H26BrNO7. The Bertz CT molecular complexity index is 1620. The van der Waals surface area contributed by atoms with Gasteiger partial charge in [-0.15, -0.1) is 0 Å². The molecule has 1 saturated heterocycles. The van der Waals surface area contributed by atoms with Crippen molar-refractivity contribution in [2.45, 2.75) is 18.8 Å². The van der Waals surface area contributed by atoms with E-state index in [1.54, 1.807) is 42.5 Å². The van der Waals surface area contributed by atoms with Gasteiger partial charge in [-0.3, -0.25) is 24.1 Å². The van der Waals surface area contributed by atoms with E-state index in [9.17, 15) is 24.3 Å². The maximum absolute atomic E-state index is 14.0. The van der Waals surface area contributed by atoms with E-state index in [4.69, 9.17) is 9.47 Å². The Kier molecular flexibility index (Phi) is 6.57. The molecule has 8 nitrogen and oxygen atoms in total. The minimum absolute atomic E-state index is 0.144. The molecule has 0 radical (unpaired) electrons. The molecule has 6 rings (SSSR count). The molecule has 4 atom stereocenters. The Morgan fingerprint density at radius 2 is 1.66 bits per heavy atom. The molecule has 0 spiro atoms. The Balaban J connectivity index is 1.50. The van der Waals surface area contributed by atoms with Gasteiger partial charge in [-0.1, -0.05) is 36.4 Å². The molecule has 1 heterocycles. The van der Waals surface area contributed by atoms with Crippen LogP contribution >= 0.6 is 15.9 Å². The Labute approximate surface area is 244 Å². The number of carbonyl (C=O) groups is 4. The quantitative estimate of drug-likeness (QED) is 0.286. The van der Waals surface area contributed by atoms with E-state index in [1.165, 1.54) is 25.2 Å². The number of benzene rings is 2. The fourth-order valence-corrected chi connectivity index (χ4v) is 7.13. The number of hydrogen-bond donors (Lipinski definition) is 1. The number of anilines is 1. The highest BCUT2D eigenvalue weighted by Gasteiger charge is 2.56. The molecule has 0 bridgehead atoms. The zero-order chi connectivity index (χ0) is 29.2. The zero-order valence-corrected chi connectivity index (χ0v) is 23.9. The molecule has 2 aromatic rings. The number of amides is 2. The number of ketones is 2. The van der Waals surface area contributed by atoms with Crippen LogP contribution in [0.4, 0.5) is 5.69 Å². The van der Waals surface area contributed by atoms with E-state index in [-0.39, 0.29) is 51.5 Å². The van der Waals surface area contributed by atoms with Gasteiger partial charge >= 0.3 is 0 Å². The average molecular weight is 616 g/mol. The molecule has 2 aromatic carbocycles. The van der Waals surface area contributed by atoms with E-state index in [0.717, 1.165) is 11.1 Å². The second kappa shape index (κ2) is 9.99. The van der Waals surface area contributed by atoms with Crippen molar-refractivity contribution in [2.24, 2.45) is 17.8 Å². The van der Waals surface area contributed by atoms with Gasteiger partial charge in [0.25, 0.3) is 0 Å². The molecule has 0 aromatic heterocycles. The number of phenols is 1. The van der Waals surface area contributed by atoms with Gasteiger partial charge in [0.2, 0.25) is 17.6 Å². The number of nitrogens with zero attached hydrogens (tertiary/aromatic N) is 1. The van der Waals surface area contributed by atoms with Crippen LogP contribution in [0.15, 0.2) is 76.3 Å². The van der Waals surface area contributed by atoms with E-state index in [2.05, 4.69) is 22.5 Å². The van der Waals surface area contributed by atoms with E-state index in [0.29, 0.717) is 28.8 Å². The Morgan fingerprint density at radius 1 is 1.00 bits per heavy atom. The first-order valence-electron chi connectivity index (χ1n) is 13.1. The summed E-state index contributed by atoms with van der Waals surface area (Å²) < 4.78 is 10.9. The first kappa shape index (κ1) is 27.0. The highest BCUT2D eigenvalue weighted by atomic mass is 79.9. The van der Waals surface area contributed by atoms with Gasteiger partial charge < -0.3 is 14.6 Å². The first-order chi connectivity index (χ1) is 19.7. The summed E-state index contributed by atoms with van der Waals surface area (Å²) in [4.78, 5) is 55.8. The summed E-state index contributed by atoms with van der Waals surface area (Å²) in [6, 6.07) is 10.3. The number of allylic oxidation sites excluding steroid dienone is 6. The first-order valence-corrected chi connectivity index (χ1v) is 13.9. The molecular weight excluding hydrogens is 590 g/mol. The molecule has 1 aliphatic heterocycles. The summed E-state index contributed by atoms with van der Waals surface area (Å²) >= 11 is 3.24. The molecule has 4 unspecified atom stereocenters. The monoisotopic (exact) mass is 615 g/mol. The van der Waals surface area contributed by atoms with Crippen molar-refractivity contribution in [2.75, 3.05) is 19.1 Å². The molecule has 0 saturated carbocycles. The summed E-state index contributed by atoms with van der Waals surface area (Å²) in [6.07, 6.45) is 5.36. The number of halogens is 1. The van der Waals surface area contributed by atoms with Gasteiger partial charge in [-0.05, 0) is 70.1 Å². The Morgan fingerprint density at radius 3 is 2.27 bits per heavy atom. The van der Waals surface area contributed by atoms with Crippen LogP contribution in [0, 0.1) is 17.8 Å². The Hall–Kier alpha value is -4.24. The number of phenolic OH excluding ortho intramolecular Hbond substituents is 1. The average Bonchev–Trinajstić information content (AvgIpc) is 3.24. The topological polar surface area (TPSA) is 110 Å². The van der Waals surface area contributed by atoms with Crippen LogP contribution in [0.3, 0.4) is 0 Å². The third kappa shape index (κ3) is 4.01. The van der Waals surface area contributed by atoms with Crippen LogP contribution in [0.1, 0.15) is 29.9 Å². The van der Waals surface area contributed by atoms with Crippen molar-refractivity contribution in [3.8, 4) is 17.2 Å². The number of aromatic hydroxyl groups is 1. The molecule has 1 fully saturated rings. The molecule has 3 aliphatic carbocycles. The normalized spacial score (nSPS) is 25.3. The van der Waals surface area contributed by atoms with Crippen LogP contribution in [-0.4, -0.2) is 42.7 Å². The van der Waals surface area contributed by atoms with Gasteiger partial charge in [0.15, 0.2) is 23.1 Å². The minimum atomic E-state index is -0.703. The maximum atomic E-state index is 14.0. The number of Topliss-reactive ketones (excluding diaryl/α,β-unsaturated/α-hetero) is 1. The predicted octanol–water partition coefficient (Wildman–Crippen LogP) is 5.02. The van der Waals surface area contributed by atoms with Crippen molar-refractivity contribution >= 4 is 51.1 Å². The van der Waals surface area contributed by atoms with Crippen molar-refractivity contribution in [1.29, 1.82) is 0 Å². The lowest BCUT2D eigenvalue weighted by Gasteiger charge is -2.42. The number of imide groups is 1. The SMILES string of the molecule is C=Cc1ccc(N2C(=O)C3CC=C4C(c5cc(OC)c(O)c(OC)c5)C5=C(CC4C3C2=O)C(=O)C(Br)=CC5=O)cc1. The molecule has 41 heavy (non-hydrogen) atoms. The lowest BCUT2D eigenvalue weighted by atomic mass is 9.59. The fraction of sp³-hybridized carbons (Fsp3) is 0.250. The highest BCUT2D eigenvalue weighted by molar-refractivity contribution is 9.12. The summed E-state index contributed by atoms with van der Waals surface area (Å²) in [6.45, 7) is 3.75. The van der Waals surface area contributed by atoms with Gasteiger partial charge in [-0.25, -0.2) is 0 Å². The second-order valence-corrected chi connectivity index (χ2v) is 11.3. The number of methoxy groups -OCH3 is 2. The van der Waals surface area contributed by atoms with Gasteiger partial charge in [-0.2, -0.15) is 0 Å². The van der Waals surface area contributed by atoms with Crippen LogP contribution in [0.2, 0.25) is 0 Å². The second-order valence-electron chi connectivity index (χ2n) is 10.5. The summed E-state index contributed by atoms with van der Waals surface area (Å²) in [5.41, 5.74) is 3.34. The zero-order valence-electron chi connectivity index (χ0n) is 22.3. The van der Waals surface area contributed by atoms with Gasteiger partial charge in [0.1, 0.15) is 0 Å². The lowest BCUT2D eigenvalue weighted by Crippen LogP contribution is -2.39. The molecule has 1 N–H and O–H groups in total. The molecule has 4 aliphatic rings. The highest BCUT2D eigenvalue weighted by Crippen LogP contribution is 2.56. The largest absolute Gasteiger partial charge is 0.502 e. The van der Waals surface area contributed by atoms with Crippen LogP contribution in [-0.2, 0) is 19.2 Å². The van der Waals surface area contributed by atoms with Crippen LogP contribution < -0.4 is 14.4 Å². The van der Waals surface area contributed by atoms with Crippen molar-refractivity contribution < 1.29 is 33.8 Å². The van der Waals surface area contributed by atoms with E-state index >= 15 is 0 Å². The van der Waals surface area contributed by atoms with Gasteiger partial charge in [0.05, 0.1) is 36.2 Å².